The maximum atomic E-state index is 12.4. The molecule has 0 aliphatic carbocycles. The van der Waals surface area contributed by atoms with Crippen molar-refractivity contribution in [2.75, 3.05) is 13.7 Å². The summed E-state index contributed by atoms with van der Waals surface area (Å²) in [6, 6.07) is 7.51. The molecular formula is C14H16N2O6S. The zero-order valence-electron chi connectivity index (χ0n) is 12.6. The maximum absolute atomic E-state index is 12.4. The van der Waals surface area contributed by atoms with Crippen LogP contribution in [0.25, 0.3) is 0 Å². The minimum absolute atomic E-state index is 0.0379. The highest BCUT2D eigenvalue weighted by molar-refractivity contribution is 7.88. The van der Waals surface area contributed by atoms with E-state index in [9.17, 15) is 22.8 Å². The summed E-state index contributed by atoms with van der Waals surface area (Å²) in [6.07, 6.45) is 0.0379. The van der Waals surface area contributed by atoms with E-state index in [1.807, 2.05) is 0 Å². The Morgan fingerprint density at radius 2 is 1.83 bits per heavy atom. The van der Waals surface area contributed by atoms with Gasteiger partial charge in [0.1, 0.15) is 12.6 Å². The van der Waals surface area contributed by atoms with Crippen molar-refractivity contribution < 1.29 is 27.5 Å². The Hall–Kier alpha value is -2.42. The second-order valence-electron chi connectivity index (χ2n) is 4.95. The number of hydrogen-bond donors (Lipinski definition) is 0. The normalized spacial score (nSPS) is 19.7. The van der Waals surface area contributed by atoms with E-state index in [-0.39, 0.29) is 6.42 Å². The Labute approximate surface area is 133 Å². The molecule has 2 amide bonds. The predicted octanol–water partition coefficient (Wildman–Crippen LogP) is -0.294. The van der Waals surface area contributed by atoms with Crippen LogP contribution >= 0.6 is 0 Å². The van der Waals surface area contributed by atoms with Crippen LogP contribution in [0.3, 0.4) is 0 Å². The number of carbonyl (C=O) groups is 3. The molecular weight excluding hydrogens is 324 g/mol. The summed E-state index contributed by atoms with van der Waals surface area (Å²) in [4.78, 5) is 35.6. The van der Waals surface area contributed by atoms with E-state index in [0.717, 1.165) is 14.0 Å². The second-order valence-corrected chi connectivity index (χ2v) is 6.68. The molecule has 0 unspecified atom stereocenters. The summed E-state index contributed by atoms with van der Waals surface area (Å²) in [5.74, 6) is -2.49. The van der Waals surface area contributed by atoms with E-state index < -0.39 is 40.6 Å². The lowest BCUT2D eigenvalue weighted by molar-refractivity contribution is -0.144. The highest BCUT2D eigenvalue weighted by atomic mass is 32.2. The molecule has 1 aromatic carbocycles. The highest BCUT2D eigenvalue weighted by Gasteiger charge is 2.52. The first-order valence-electron chi connectivity index (χ1n) is 6.76. The van der Waals surface area contributed by atoms with Gasteiger partial charge in [-0.25, -0.2) is 8.61 Å². The number of benzene rings is 1. The molecule has 8 nitrogen and oxygen atoms in total. The van der Waals surface area contributed by atoms with Gasteiger partial charge in [0.05, 0.1) is 7.11 Å². The van der Waals surface area contributed by atoms with Gasteiger partial charge in [0, 0.05) is 13.3 Å². The Bertz CT molecular complexity index is 731. The van der Waals surface area contributed by atoms with Crippen LogP contribution in [-0.2, 0) is 35.8 Å². The lowest BCUT2D eigenvalue weighted by Gasteiger charge is -2.19. The molecule has 0 N–H and O–H groups in total. The van der Waals surface area contributed by atoms with E-state index in [4.69, 9.17) is 0 Å². The summed E-state index contributed by atoms with van der Waals surface area (Å²) in [7, 11) is -3.30. The van der Waals surface area contributed by atoms with Crippen molar-refractivity contribution in [2.24, 2.45) is 0 Å². The van der Waals surface area contributed by atoms with Crippen molar-refractivity contribution in [1.82, 2.24) is 8.61 Å². The van der Waals surface area contributed by atoms with Crippen LogP contribution in [0.15, 0.2) is 30.3 Å². The van der Waals surface area contributed by atoms with Gasteiger partial charge in [0.25, 0.3) is 5.91 Å². The Morgan fingerprint density at radius 1 is 1.22 bits per heavy atom. The zero-order chi connectivity index (χ0) is 17.2. The number of nitrogens with zero attached hydrogens (tertiary/aromatic N) is 2. The van der Waals surface area contributed by atoms with Crippen molar-refractivity contribution in [3.63, 3.8) is 0 Å². The van der Waals surface area contributed by atoms with Gasteiger partial charge in [0.15, 0.2) is 0 Å². The van der Waals surface area contributed by atoms with Crippen molar-refractivity contribution in [3.05, 3.63) is 35.9 Å². The predicted molar refractivity (Wildman–Crippen MR) is 79.1 cm³/mol. The van der Waals surface area contributed by atoms with Crippen molar-refractivity contribution in [2.45, 2.75) is 19.4 Å². The number of ether oxygens (including phenoxy) is 1. The molecule has 1 aliphatic rings. The average molecular weight is 340 g/mol. The van der Waals surface area contributed by atoms with Gasteiger partial charge < -0.3 is 4.74 Å². The largest absolute Gasteiger partial charge is 0.468 e. The number of hydrogen-bond acceptors (Lipinski definition) is 6. The Kier molecular flexibility index (Phi) is 4.69. The molecule has 1 saturated heterocycles. The third-order valence-electron chi connectivity index (χ3n) is 3.42. The third kappa shape index (κ3) is 3.19. The lowest BCUT2D eigenvalue weighted by Crippen LogP contribution is -2.41. The van der Waals surface area contributed by atoms with E-state index in [2.05, 4.69) is 4.74 Å². The van der Waals surface area contributed by atoms with Crippen molar-refractivity contribution in [3.8, 4) is 0 Å². The summed E-state index contributed by atoms with van der Waals surface area (Å²) >= 11 is 0. The molecule has 0 aromatic heterocycles. The van der Waals surface area contributed by atoms with Crippen LogP contribution in [0.5, 0.6) is 0 Å². The van der Waals surface area contributed by atoms with E-state index in [0.29, 0.717) is 14.2 Å². The van der Waals surface area contributed by atoms with Gasteiger partial charge in [-0.2, -0.15) is 8.42 Å². The Morgan fingerprint density at radius 3 is 2.35 bits per heavy atom. The number of methoxy groups -OCH3 is 1. The van der Waals surface area contributed by atoms with E-state index >= 15 is 0 Å². The van der Waals surface area contributed by atoms with E-state index in [1.165, 1.54) is 0 Å². The molecule has 0 spiro atoms. The van der Waals surface area contributed by atoms with Crippen LogP contribution in [0.4, 0.5) is 0 Å². The van der Waals surface area contributed by atoms with Crippen molar-refractivity contribution >= 4 is 28.0 Å². The van der Waals surface area contributed by atoms with Crippen molar-refractivity contribution in [1.29, 1.82) is 0 Å². The summed E-state index contributed by atoms with van der Waals surface area (Å²) in [5, 5.41) is 0. The number of amides is 2. The van der Waals surface area contributed by atoms with Gasteiger partial charge in [-0.15, -0.1) is 0 Å². The van der Waals surface area contributed by atoms with Crippen LogP contribution in [0.2, 0.25) is 0 Å². The lowest BCUT2D eigenvalue weighted by atomic mass is 10.1. The number of rotatable bonds is 4. The quantitative estimate of drug-likeness (QED) is 0.698. The first-order valence-corrected chi connectivity index (χ1v) is 8.16. The number of esters is 1. The standard InChI is InChI=1S/C14H16N2O6S/c1-10(17)16-12(8-11-6-4-3-5-7-11)14(19)15(23(16,20)21)9-13(18)22-2/h3-7,12H,8-9H2,1-2H3/t12-/m0/s1. The Balaban J connectivity index is 2.38. The smallest absolute Gasteiger partial charge is 0.332 e. The maximum Gasteiger partial charge on any atom is 0.332 e. The molecule has 1 aromatic rings. The van der Waals surface area contributed by atoms with Gasteiger partial charge >= 0.3 is 16.2 Å². The first-order chi connectivity index (χ1) is 10.8. The SMILES string of the molecule is COC(=O)CN1C(=O)[C@H](Cc2ccccc2)N(C(C)=O)S1(=O)=O. The fourth-order valence-corrected chi connectivity index (χ4v) is 4.02. The summed E-state index contributed by atoms with van der Waals surface area (Å²) < 4.78 is 30.1. The average Bonchev–Trinajstić information content (AvgIpc) is 2.68. The molecule has 0 bridgehead atoms. The van der Waals surface area contributed by atoms with Crippen LogP contribution < -0.4 is 0 Å². The molecule has 1 fully saturated rings. The highest BCUT2D eigenvalue weighted by Crippen LogP contribution is 2.26. The molecule has 1 aliphatic heterocycles. The van der Waals surface area contributed by atoms with E-state index in [1.54, 1.807) is 30.3 Å². The zero-order valence-corrected chi connectivity index (χ0v) is 13.4. The molecule has 1 atom stereocenters. The minimum atomic E-state index is -4.38. The van der Waals surface area contributed by atoms with Gasteiger partial charge in [0.2, 0.25) is 5.91 Å². The molecule has 2 rings (SSSR count). The molecule has 0 saturated carbocycles. The van der Waals surface area contributed by atoms with Gasteiger partial charge in [-0.05, 0) is 5.56 Å². The number of carbonyl (C=O) groups excluding carboxylic acids is 3. The van der Waals surface area contributed by atoms with Gasteiger partial charge in [-0.3, -0.25) is 14.4 Å². The molecule has 0 radical (unpaired) electrons. The van der Waals surface area contributed by atoms with Crippen LogP contribution in [0, 0.1) is 0 Å². The fraction of sp³-hybridized carbons (Fsp3) is 0.357. The summed E-state index contributed by atoms with van der Waals surface area (Å²) in [6.45, 7) is 0.303. The second kappa shape index (κ2) is 6.37. The molecule has 1 heterocycles. The molecule has 23 heavy (non-hydrogen) atoms. The van der Waals surface area contributed by atoms with Gasteiger partial charge in [-0.1, -0.05) is 30.3 Å². The molecule has 9 heteroatoms. The summed E-state index contributed by atoms with van der Waals surface area (Å²) in [5.41, 5.74) is 0.701. The minimum Gasteiger partial charge on any atom is -0.468 e. The fourth-order valence-electron chi connectivity index (χ4n) is 2.38. The topological polar surface area (TPSA) is 101 Å². The molecule has 124 valence electrons. The van der Waals surface area contributed by atoms with Crippen LogP contribution in [-0.4, -0.2) is 54.5 Å². The monoisotopic (exact) mass is 340 g/mol. The first kappa shape index (κ1) is 16.9. The third-order valence-corrected chi connectivity index (χ3v) is 5.30. The van der Waals surface area contributed by atoms with Crippen LogP contribution in [0.1, 0.15) is 12.5 Å².